The number of carbonyl (C=O) groups is 1. The number of anilines is 1. The average molecular weight is 392 g/mol. The zero-order valence-electron chi connectivity index (χ0n) is 17.5. The van der Waals surface area contributed by atoms with Crippen LogP contribution in [0, 0.1) is 6.92 Å². The summed E-state index contributed by atoms with van der Waals surface area (Å²) >= 11 is 0. The monoisotopic (exact) mass is 391 g/mol. The molecule has 0 atom stereocenters. The molecule has 2 aromatic carbocycles. The molecule has 0 N–H and O–H groups in total. The number of aldehydes is 1. The van der Waals surface area contributed by atoms with Crippen LogP contribution < -0.4 is 10.5 Å². The predicted octanol–water partition coefficient (Wildman–Crippen LogP) is 5.33. The van der Waals surface area contributed by atoms with Crippen molar-refractivity contribution in [2.24, 2.45) is 0 Å². The lowest BCUT2D eigenvalue weighted by molar-refractivity contribution is 0.112. The highest BCUT2D eigenvalue weighted by Crippen LogP contribution is 2.26. The number of fused-ring (bicyclic) bond motifs is 1. The van der Waals surface area contributed by atoms with Crippen molar-refractivity contribution in [2.75, 3.05) is 18.0 Å². The van der Waals surface area contributed by atoms with Gasteiger partial charge >= 0.3 is 5.63 Å². The molecule has 0 aliphatic carbocycles. The van der Waals surface area contributed by atoms with E-state index in [1.165, 1.54) is 0 Å². The van der Waals surface area contributed by atoms with Crippen LogP contribution in [0.2, 0.25) is 0 Å². The molecule has 0 unspecified atom stereocenters. The molecule has 4 heteroatoms. The van der Waals surface area contributed by atoms with Gasteiger partial charge in [0.2, 0.25) is 0 Å². The first-order chi connectivity index (χ1) is 14.1. The molecule has 152 valence electrons. The molecule has 0 saturated heterocycles. The van der Waals surface area contributed by atoms with Gasteiger partial charge in [-0.1, -0.05) is 38.1 Å². The van der Waals surface area contributed by atoms with Crippen molar-refractivity contribution < 1.29 is 9.21 Å². The Kier molecular flexibility index (Phi) is 6.86. The van der Waals surface area contributed by atoms with Crippen molar-refractivity contribution in [1.29, 1.82) is 0 Å². The minimum Gasteiger partial charge on any atom is -0.422 e. The Balaban J connectivity index is 1.88. The summed E-state index contributed by atoms with van der Waals surface area (Å²) < 4.78 is 5.72. The van der Waals surface area contributed by atoms with Crippen molar-refractivity contribution in [3.05, 3.63) is 75.1 Å². The number of rotatable bonds is 9. The Morgan fingerprint density at radius 1 is 0.966 bits per heavy atom. The second-order valence-corrected chi connectivity index (χ2v) is 7.52. The molecule has 29 heavy (non-hydrogen) atoms. The topological polar surface area (TPSA) is 50.5 Å². The van der Waals surface area contributed by atoms with E-state index in [4.69, 9.17) is 4.42 Å². The second kappa shape index (κ2) is 9.55. The van der Waals surface area contributed by atoms with E-state index in [-0.39, 0.29) is 5.63 Å². The van der Waals surface area contributed by atoms with Gasteiger partial charge in [-0.05, 0) is 55.9 Å². The van der Waals surface area contributed by atoms with Crippen LogP contribution >= 0.6 is 0 Å². The van der Waals surface area contributed by atoms with Crippen molar-refractivity contribution in [3.8, 4) is 0 Å². The van der Waals surface area contributed by atoms with Crippen LogP contribution in [0.3, 0.4) is 0 Å². The number of benzene rings is 2. The van der Waals surface area contributed by atoms with Gasteiger partial charge in [-0.2, -0.15) is 0 Å². The van der Waals surface area contributed by atoms with Crippen molar-refractivity contribution in [1.82, 2.24) is 0 Å². The lowest BCUT2D eigenvalue weighted by atomic mass is 9.99. The minimum absolute atomic E-state index is 0.255. The molecule has 4 nitrogen and oxygen atoms in total. The van der Waals surface area contributed by atoms with Crippen LogP contribution in [0.4, 0.5) is 5.69 Å². The molecular weight excluding hydrogens is 362 g/mol. The fraction of sp³-hybridized carbons (Fsp3) is 0.360. The summed E-state index contributed by atoms with van der Waals surface area (Å²) in [5.41, 5.74) is 4.97. The van der Waals surface area contributed by atoms with Gasteiger partial charge < -0.3 is 9.32 Å². The van der Waals surface area contributed by atoms with Crippen LogP contribution in [-0.4, -0.2) is 19.4 Å². The summed E-state index contributed by atoms with van der Waals surface area (Å²) in [4.78, 5) is 25.8. The van der Waals surface area contributed by atoms with Gasteiger partial charge in [-0.15, -0.1) is 0 Å². The molecule has 3 aromatic rings. The molecule has 0 spiro atoms. The van der Waals surface area contributed by atoms with Gasteiger partial charge in [0.15, 0.2) is 0 Å². The van der Waals surface area contributed by atoms with Crippen LogP contribution in [-0.2, 0) is 12.8 Å². The van der Waals surface area contributed by atoms with E-state index in [2.05, 4.69) is 30.9 Å². The fourth-order valence-corrected chi connectivity index (χ4v) is 3.81. The van der Waals surface area contributed by atoms with Gasteiger partial charge in [-0.3, -0.25) is 4.79 Å². The van der Waals surface area contributed by atoms with E-state index in [1.54, 1.807) is 12.1 Å². The molecule has 1 heterocycles. The Bertz CT molecular complexity index is 1030. The van der Waals surface area contributed by atoms with Crippen LogP contribution in [0.15, 0.2) is 51.7 Å². The number of hydrogen-bond acceptors (Lipinski definition) is 4. The third-order valence-corrected chi connectivity index (χ3v) is 5.40. The lowest BCUT2D eigenvalue weighted by Crippen LogP contribution is -2.24. The SMILES string of the molecule is CCCN(CCC)c1ccc2c(C)c(CCc3ccc(C=O)cc3)c(=O)oc2c1. The lowest BCUT2D eigenvalue weighted by Gasteiger charge is -2.24. The fourth-order valence-electron chi connectivity index (χ4n) is 3.81. The van der Waals surface area contributed by atoms with E-state index in [0.717, 1.165) is 66.4 Å². The van der Waals surface area contributed by atoms with Crippen molar-refractivity contribution >= 4 is 22.9 Å². The molecule has 0 radical (unpaired) electrons. The predicted molar refractivity (Wildman–Crippen MR) is 119 cm³/mol. The highest BCUT2D eigenvalue weighted by atomic mass is 16.4. The Hall–Kier alpha value is -2.88. The Morgan fingerprint density at radius 2 is 1.66 bits per heavy atom. The van der Waals surface area contributed by atoms with Crippen LogP contribution in [0.25, 0.3) is 11.0 Å². The maximum Gasteiger partial charge on any atom is 0.339 e. The highest BCUT2D eigenvalue weighted by molar-refractivity contribution is 5.84. The van der Waals surface area contributed by atoms with E-state index >= 15 is 0 Å². The maximum absolute atomic E-state index is 12.7. The van der Waals surface area contributed by atoms with Gasteiger partial charge in [0.25, 0.3) is 0 Å². The van der Waals surface area contributed by atoms with E-state index < -0.39 is 0 Å². The first kappa shape index (κ1) is 20.8. The summed E-state index contributed by atoms with van der Waals surface area (Å²) in [7, 11) is 0. The largest absolute Gasteiger partial charge is 0.422 e. The van der Waals surface area contributed by atoms with Crippen molar-refractivity contribution in [2.45, 2.75) is 46.5 Å². The number of hydrogen-bond donors (Lipinski definition) is 0. The zero-order valence-corrected chi connectivity index (χ0v) is 17.5. The molecule has 0 bridgehead atoms. The molecule has 0 saturated carbocycles. The number of aryl methyl sites for hydroxylation is 2. The van der Waals surface area contributed by atoms with Gasteiger partial charge in [-0.25, -0.2) is 4.79 Å². The molecule has 1 aromatic heterocycles. The van der Waals surface area contributed by atoms with E-state index in [9.17, 15) is 9.59 Å². The first-order valence-corrected chi connectivity index (χ1v) is 10.4. The molecule has 0 aliphatic heterocycles. The zero-order chi connectivity index (χ0) is 20.8. The van der Waals surface area contributed by atoms with Crippen LogP contribution in [0.1, 0.15) is 53.7 Å². The molecular formula is C25H29NO3. The molecule has 0 aliphatic rings. The summed E-state index contributed by atoms with van der Waals surface area (Å²) in [6.45, 7) is 8.33. The quantitative estimate of drug-likeness (QED) is 0.366. The Morgan fingerprint density at radius 3 is 2.28 bits per heavy atom. The minimum atomic E-state index is -0.255. The van der Waals surface area contributed by atoms with E-state index in [0.29, 0.717) is 17.6 Å². The molecule has 3 rings (SSSR count). The third-order valence-electron chi connectivity index (χ3n) is 5.40. The van der Waals surface area contributed by atoms with Gasteiger partial charge in [0.1, 0.15) is 11.9 Å². The number of nitrogens with zero attached hydrogens (tertiary/aromatic N) is 1. The van der Waals surface area contributed by atoms with Crippen molar-refractivity contribution in [3.63, 3.8) is 0 Å². The molecule has 0 fully saturated rings. The summed E-state index contributed by atoms with van der Waals surface area (Å²) in [6.07, 6.45) is 4.34. The normalized spacial score (nSPS) is 11.0. The highest BCUT2D eigenvalue weighted by Gasteiger charge is 2.13. The standard InChI is InChI=1S/C25H29NO3/c1-4-14-26(15-5-2)21-11-13-22-18(3)23(25(28)29-24(22)16-21)12-10-19-6-8-20(17-27)9-7-19/h6-9,11,13,16-17H,4-5,10,12,14-15H2,1-3H3. The van der Waals surface area contributed by atoms with E-state index in [1.807, 2.05) is 25.1 Å². The third kappa shape index (κ3) is 4.76. The summed E-state index contributed by atoms with van der Waals surface area (Å²) in [5.74, 6) is 0. The second-order valence-electron chi connectivity index (χ2n) is 7.52. The summed E-state index contributed by atoms with van der Waals surface area (Å²) in [5, 5.41) is 0.993. The smallest absolute Gasteiger partial charge is 0.339 e. The van der Waals surface area contributed by atoms with Gasteiger partial charge in [0.05, 0.1) is 0 Å². The summed E-state index contributed by atoms with van der Waals surface area (Å²) in [6, 6.07) is 13.7. The van der Waals surface area contributed by atoms with Crippen LogP contribution in [0.5, 0.6) is 0 Å². The average Bonchev–Trinajstić information content (AvgIpc) is 2.73. The maximum atomic E-state index is 12.7. The Labute approximate surface area is 172 Å². The van der Waals surface area contributed by atoms with Gasteiger partial charge in [0, 0.05) is 41.4 Å². The first-order valence-electron chi connectivity index (χ1n) is 10.4. The number of carbonyl (C=O) groups excluding carboxylic acids is 1. The molecule has 0 amide bonds.